The third kappa shape index (κ3) is 46.9. The lowest BCUT2D eigenvalue weighted by Gasteiger charge is -2.40. The molecule has 0 spiro atoms. The highest BCUT2D eigenvalue weighted by molar-refractivity contribution is 5.74. The van der Waals surface area contributed by atoms with E-state index in [0.29, 0.717) is 19.3 Å². The Labute approximate surface area is 495 Å². The number of allylic oxidation sites excluding steroid dienone is 6. The van der Waals surface area contributed by atoms with Crippen molar-refractivity contribution < 1.29 is 58.2 Å². The molecule has 6 unspecified atom stereocenters. The maximum absolute atomic E-state index is 13.2. The van der Waals surface area contributed by atoms with E-state index in [2.05, 4.69) is 57.2 Å². The molecule has 0 aliphatic carbocycles. The van der Waals surface area contributed by atoms with E-state index in [9.17, 15) is 34.5 Å². The number of carboxylic acids is 1. The van der Waals surface area contributed by atoms with Gasteiger partial charge in [0.15, 0.2) is 24.6 Å². The van der Waals surface area contributed by atoms with Crippen molar-refractivity contribution in [3.63, 3.8) is 0 Å². The van der Waals surface area contributed by atoms with E-state index in [1.165, 1.54) is 193 Å². The molecule has 1 heterocycles. The molecule has 0 aromatic heterocycles. The Morgan fingerprint density at radius 3 is 1.19 bits per heavy atom. The maximum atomic E-state index is 13.2. The third-order valence-corrected chi connectivity index (χ3v) is 15.7. The third-order valence-electron chi connectivity index (χ3n) is 15.7. The molecule has 1 rings (SSSR count). The zero-order chi connectivity index (χ0) is 58.9. The summed E-state index contributed by atoms with van der Waals surface area (Å²) in [5.74, 6) is -3.12. The number of esters is 3. The van der Waals surface area contributed by atoms with Gasteiger partial charge in [-0.15, -0.1) is 0 Å². The highest BCUT2D eigenvalue weighted by Crippen LogP contribution is 2.27. The van der Waals surface area contributed by atoms with Crippen LogP contribution < -0.4 is 0 Å². The first-order valence-corrected chi connectivity index (χ1v) is 34.0. The molecule has 0 saturated carbocycles. The van der Waals surface area contributed by atoms with Crippen LogP contribution in [-0.4, -0.2) is 89.2 Å². The minimum Gasteiger partial charge on any atom is -0.479 e. The number of hydrogen-bond donors (Lipinski definition) is 3. The van der Waals surface area contributed by atoms with E-state index in [-0.39, 0.29) is 25.9 Å². The normalized spacial score (nSPS) is 17.9. The monoisotopic (exact) mass is 1140 g/mol. The van der Waals surface area contributed by atoms with E-state index in [1.807, 2.05) is 0 Å². The Kier molecular flexibility index (Phi) is 53.8. The molecule has 0 radical (unpaired) electrons. The van der Waals surface area contributed by atoms with Gasteiger partial charge in [0.05, 0.1) is 6.61 Å². The molecule has 0 bridgehead atoms. The van der Waals surface area contributed by atoms with Crippen LogP contribution in [0.15, 0.2) is 36.5 Å². The summed E-state index contributed by atoms with van der Waals surface area (Å²) in [5, 5.41) is 31.6. The fourth-order valence-corrected chi connectivity index (χ4v) is 10.6. The van der Waals surface area contributed by atoms with E-state index in [1.54, 1.807) is 0 Å². The minimum atomic E-state index is -1.91. The molecule has 1 aliphatic heterocycles. The van der Waals surface area contributed by atoms with Gasteiger partial charge in [0.25, 0.3) is 0 Å². The molecule has 0 aromatic carbocycles. The quantitative estimate of drug-likeness (QED) is 0.0228. The molecule has 81 heavy (non-hydrogen) atoms. The van der Waals surface area contributed by atoms with Crippen molar-refractivity contribution in [2.75, 3.05) is 13.2 Å². The molecule has 6 atom stereocenters. The van der Waals surface area contributed by atoms with Crippen molar-refractivity contribution in [2.24, 2.45) is 0 Å². The van der Waals surface area contributed by atoms with Gasteiger partial charge in [-0.25, -0.2) is 4.79 Å². The SMILES string of the molecule is CC/C=C\C/C=C\C/C=C\CCCCCC(=O)OC1C(OCC(COC(=O)CCCCCCCCCCCCCCCCCCCCC)OC(=O)CCCCCCCCCCCCCCCCCCCCC)OC(C(=O)O)C(O)C1O. The van der Waals surface area contributed by atoms with Crippen molar-refractivity contribution in [2.45, 2.75) is 366 Å². The fraction of sp³-hybridized carbons (Fsp3) is 0.855. The number of unbranched alkanes of at least 4 members (excludes halogenated alkanes) is 39. The molecule has 0 amide bonds. The van der Waals surface area contributed by atoms with Gasteiger partial charge in [-0.05, 0) is 51.4 Å². The van der Waals surface area contributed by atoms with Gasteiger partial charge < -0.3 is 39.0 Å². The van der Waals surface area contributed by atoms with Crippen molar-refractivity contribution in [1.29, 1.82) is 0 Å². The average molecular weight is 1150 g/mol. The first kappa shape index (κ1) is 76.0. The van der Waals surface area contributed by atoms with Gasteiger partial charge in [-0.3, -0.25) is 14.4 Å². The number of hydrogen-bond acceptors (Lipinski definition) is 11. The van der Waals surface area contributed by atoms with Crippen LogP contribution in [0, 0.1) is 0 Å². The summed E-state index contributed by atoms with van der Waals surface area (Å²) in [7, 11) is 0. The number of carbonyl (C=O) groups is 4. The molecule has 1 saturated heterocycles. The minimum absolute atomic E-state index is 0.0291. The summed E-state index contributed by atoms with van der Waals surface area (Å²) < 4.78 is 28.5. The first-order valence-electron chi connectivity index (χ1n) is 34.0. The van der Waals surface area contributed by atoms with Crippen LogP contribution in [0.25, 0.3) is 0 Å². The van der Waals surface area contributed by atoms with E-state index >= 15 is 0 Å². The first-order chi connectivity index (χ1) is 39.6. The van der Waals surface area contributed by atoms with Crippen molar-refractivity contribution in [1.82, 2.24) is 0 Å². The number of carbonyl (C=O) groups excluding carboxylic acids is 3. The van der Waals surface area contributed by atoms with Gasteiger partial charge in [0, 0.05) is 19.3 Å². The predicted molar refractivity (Wildman–Crippen MR) is 331 cm³/mol. The number of ether oxygens (including phenoxy) is 5. The second-order valence-corrected chi connectivity index (χ2v) is 23.4. The smallest absolute Gasteiger partial charge is 0.335 e. The largest absolute Gasteiger partial charge is 0.479 e. The number of aliphatic hydroxyl groups is 2. The van der Waals surface area contributed by atoms with Crippen LogP contribution in [0.1, 0.15) is 329 Å². The zero-order valence-electron chi connectivity index (χ0n) is 52.3. The van der Waals surface area contributed by atoms with E-state index < -0.39 is 67.3 Å². The number of aliphatic hydroxyl groups excluding tert-OH is 2. The van der Waals surface area contributed by atoms with Crippen LogP contribution in [0.3, 0.4) is 0 Å². The van der Waals surface area contributed by atoms with E-state index in [4.69, 9.17) is 23.7 Å². The number of rotatable bonds is 59. The van der Waals surface area contributed by atoms with Gasteiger partial charge in [-0.2, -0.15) is 0 Å². The molecule has 12 heteroatoms. The number of carboxylic acid groups (broad SMARTS) is 1. The molecular weight excluding hydrogens is 1020 g/mol. The van der Waals surface area contributed by atoms with Gasteiger partial charge in [-0.1, -0.05) is 295 Å². The highest BCUT2D eigenvalue weighted by Gasteiger charge is 2.50. The topological polar surface area (TPSA) is 175 Å². The van der Waals surface area contributed by atoms with Crippen LogP contribution in [-0.2, 0) is 42.9 Å². The summed E-state index contributed by atoms with van der Waals surface area (Å²) in [4.78, 5) is 51.3. The Balaban J connectivity index is 2.62. The maximum Gasteiger partial charge on any atom is 0.335 e. The van der Waals surface area contributed by atoms with E-state index in [0.717, 1.165) is 77.0 Å². The Morgan fingerprint density at radius 2 is 0.778 bits per heavy atom. The standard InChI is InChI=1S/C69H124O12/c1-4-7-10-13-16-19-22-25-27-29-31-33-35-38-40-43-46-49-52-55-61(70)77-58-60(79-62(71)56-53-50-47-44-42-39-36-34-32-30-28-26-23-20-17-14-11-8-5-2)59-78-69-67(65(74)64(73)66(81-69)68(75)76)80-63(72)57-54-51-48-45-41-37-24-21-18-15-12-9-6-3/h9,12,18,21,37,41,60,64-67,69,73-74H,4-8,10-11,13-17,19-20,22-36,38-40,42-59H2,1-3H3,(H,75,76)/b12-9-,21-18-,41-37-. The summed E-state index contributed by atoms with van der Waals surface area (Å²) in [6, 6.07) is 0. The van der Waals surface area contributed by atoms with Crippen LogP contribution >= 0.6 is 0 Å². The van der Waals surface area contributed by atoms with Crippen molar-refractivity contribution in [3.05, 3.63) is 36.5 Å². The molecular formula is C69H124O12. The molecule has 1 aliphatic rings. The van der Waals surface area contributed by atoms with Crippen LogP contribution in [0.4, 0.5) is 0 Å². The Bertz CT molecular complexity index is 1550. The Morgan fingerprint density at radius 1 is 0.420 bits per heavy atom. The lowest BCUT2D eigenvalue weighted by atomic mass is 9.98. The molecule has 0 aromatic rings. The lowest BCUT2D eigenvalue weighted by molar-refractivity contribution is -0.301. The lowest BCUT2D eigenvalue weighted by Crippen LogP contribution is -2.61. The summed E-state index contributed by atoms with van der Waals surface area (Å²) in [6.07, 6.45) is 56.9. The molecule has 12 nitrogen and oxygen atoms in total. The highest BCUT2D eigenvalue weighted by atomic mass is 16.7. The fourth-order valence-electron chi connectivity index (χ4n) is 10.6. The van der Waals surface area contributed by atoms with Gasteiger partial charge >= 0.3 is 23.9 Å². The number of aliphatic carboxylic acids is 1. The Hall–Kier alpha value is -3.06. The predicted octanol–water partition coefficient (Wildman–Crippen LogP) is 18.4. The second kappa shape index (κ2) is 57.4. The summed E-state index contributed by atoms with van der Waals surface area (Å²) in [6.45, 7) is 5.93. The summed E-state index contributed by atoms with van der Waals surface area (Å²) in [5.41, 5.74) is 0. The zero-order valence-corrected chi connectivity index (χ0v) is 52.3. The van der Waals surface area contributed by atoms with Crippen molar-refractivity contribution >= 4 is 23.9 Å². The molecule has 3 N–H and O–H groups in total. The van der Waals surface area contributed by atoms with Crippen LogP contribution in [0.2, 0.25) is 0 Å². The average Bonchev–Trinajstić information content (AvgIpc) is 3.54. The summed E-state index contributed by atoms with van der Waals surface area (Å²) >= 11 is 0. The van der Waals surface area contributed by atoms with Crippen LogP contribution in [0.5, 0.6) is 0 Å². The van der Waals surface area contributed by atoms with Crippen molar-refractivity contribution in [3.8, 4) is 0 Å². The van der Waals surface area contributed by atoms with Gasteiger partial charge in [0.1, 0.15) is 18.8 Å². The molecule has 472 valence electrons. The second-order valence-electron chi connectivity index (χ2n) is 23.4. The molecule has 1 fully saturated rings. The van der Waals surface area contributed by atoms with Gasteiger partial charge in [0.2, 0.25) is 0 Å².